The first-order chi connectivity index (χ1) is 7.27. The molecule has 1 aromatic heterocycles. The molecule has 16 heavy (non-hydrogen) atoms. The zero-order chi connectivity index (χ0) is 12.5. The highest BCUT2D eigenvalue weighted by Gasteiger charge is 2.35. The average molecular weight is 280 g/mol. The van der Waals surface area contributed by atoms with Crippen LogP contribution in [0.25, 0.3) is 0 Å². The van der Waals surface area contributed by atoms with Crippen molar-refractivity contribution < 1.29 is 22.0 Å². The van der Waals surface area contributed by atoms with Gasteiger partial charge in [0.2, 0.25) is 0 Å². The number of halogens is 7. The van der Waals surface area contributed by atoms with E-state index in [1.807, 2.05) is 0 Å². The summed E-state index contributed by atoms with van der Waals surface area (Å²) in [4.78, 5) is 3.02. The predicted molar refractivity (Wildman–Crippen MR) is 48.8 cm³/mol. The van der Waals surface area contributed by atoms with Crippen LogP contribution < -0.4 is 0 Å². The summed E-state index contributed by atoms with van der Waals surface area (Å²) in [6.07, 6.45) is -7.76. The fourth-order valence-corrected chi connectivity index (χ4v) is 1.51. The lowest BCUT2D eigenvalue weighted by molar-refractivity contribution is -0.137. The van der Waals surface area contributed by atoms with E-state index in [-0.39, 0.29) is 5.56 Å². The Morgan fingerprint density at radius 3 is 2.25 bits per heavy atom. The predicted octanol–water partition coefficient (Wildman–Crippen LogP) is 4.43. The normalized spacial score (nSPS) is 12.2. The van der Waals surface area contributed by atoms with Crippen molar-refractivity contribution in [3.8, 4) is 0 Å². The highest BCUT2D eigenvalue weighted by Crippen LogP contribution is 2.36. The molecule has 90 valence electrons. The summed E-state index contributed by atoms with van der Waals surface area (Å²) in [5.74, 6) is -0.493. The molecule has 1 heterocycles. The van der Waals surface area contributed by atoms with Crippen LogP contribution in [0.15, 0.2) is 6.07 Å². The zero-order valence-corrected chi connectivity index (χ0v) is 8.97. The Morgan fingerprint density at radius 2 is 1.88 bits per heavy atom. The van der Waals surface area contributed by atoms with Crippen molar-refractivity contribution >= 4 is 23.2 Å². The Morgan fingerprint density at radius 1 is 1.31 bits per heavy atom. The van der Waals surface area contributed by atoms with Crippen molar-refractivity contribution in [2.75, 3.05) is 0 Å². The third-order valence-electron chi connectivity index (χ3n) is 1.74. The van der Waals surface area contributed by atoms with Crippen LogP contribution in [0.4, 0.5) is 22.0 Å². The minimum Gasteiger partial charge on any atom is -0.234 e. The molecule has 0 fully saturated rings. The van der Waals surface area contributed by atoms with Gasteiger partial charge in [-0.15, -0.1) is 11.6 Å². The molecule has 1 aromatic rings. The molecule has 0 aliphatic heterocycles. The maximum atomic E-state index is 12.4. The molecule has 0 atom stereocenters. The molecule has 0 amide bonds. The SMILES string of the molecule is FC(F)c1nc(Cl)c(C(F)(F)F)cc1CCl. The second kappa shape index (κ2) is 4.71. The van der Waals surface area contributed by atoms with Crippen LogP contribution in [0.5, 0.6) is 0 Å². The Bertz CT molecular complexity index is 391. The summed E-state index contributed by atoms with van der Waals surface area (Å²) in [7, 11) is 0. The maximum absolute atomic E-state index is 12.4. The van der Waals surface area contributed by atoms with E-state index in [2.05, 4.69) is 4.98 Å². The monoisotopic (exact) mass is 279 g/mol. The highest BCUT2D eigenvalue weighted by atomic mass is 35.5. The van der Waals surface area contributed by atoms with Gasteiger partial charge >= 0.3 is 6.18 Å². The third-order valence-corrected chi connectivity index (χ3v) is 2.32. The first-order valence-corrected chi connectivity index (χ1v) is 4.79. The molecule has 0 unspecified atom stereocenters. The molecule has 0 bridgehead atoms. The number of alkyl halides is 6. The molecule has 0 aliphatic carbocycles. The minimum absolute atomic E-state index is 0.381. The molecule has 0 saturated carbocycles. The molecule has 8 heteroatoms. The fraction of sp³-hybridized carbons (Fsp3) is 0.375. The number of rotatable bonds is 2. The summed E-state index contributed by atoms with van der Waals surface area (Å²) >= 11 is 10.4. The van der Waals surface area contributed by atoms with Gasteiger partial charge in [-0.05, 0) is 11.6 Å². The second-order valence-corrected chi connectivity index (χ2v) is 3.43. The van der Waals surface area contributed by atoms with Gasteiger partial charge in [-0.3, -0.25) is 0 Å². The van der Waals surface area contributed by atoms with Gasteiger partial charge in [-0.2, -0.15) is 13.2 Å². The number of pyridine rings is 1. The van der Waals surface area contributed by atoms with Gasteiger partial charge < -0.3 is 0 Å². The van der Waals surface area contributed by atoms with Gasteiger partial charge in [-0.1, -0.05) is 11.6 Å². The summed E-state index contributed by atoms with van der Waals surface area (Å²) in [6, 6.07) is 0.490. The first kappa shape index (κ1) is 13.4. The van der Waals surface area contributed by atoms with Gasteiger partial charge in [0.1, 0.15) is 10.8 Å². The number of hydrogen-bond acceptors (Lipinski definition) is 1. The van der Waals surface area contributed by atoms with E-state index in [1.54, 1.807) is 0 Å². The van der Waals surface area contributed by atoms with Gasteiger partial charge in [-0.25, -0.2) is 13.8 Å². The molecule has 0 radical (unpaired) electrons. The number of hydrogen-bond donors (Lipinski definition) is 0. The maximum Gasteiger partial charge on any atom is 0.419 e. The molecule has 1 nitrogen and oxygen atoms in total. The molecule has 0 saturated heterocycles. The van der Waals surface area contributed by atoms with Crippen LogP contribution in [0.1, 0.15) is 23.2 Å². The van der Waals surface area contributed by atoms with Crippen LogP contribution in [0.3, 0.4) is 0 Å². The third kappa shape index (κ3) is 2.74. The van der Waals surface area contributed by atoms with E-state index < -0.39 is 34.9 Å². The van der Waals surface area contributed by atoms with Crippen molar-refractivity contribution in [1.29, 1.82) is 0 Å². The molecule has 0 spiro atoms. The smallest absolute Gasteiger partial charge is 0.234 e. The van der Waals surface area contributed by atoms with Crippen molar-refractivity contribution in [3.05, 3.63) is 28.0 Å². The molecular weight excluding hydrogens is 276 g/mol. The van der Waals surface area contributed by atoms with Crippen LogP contribution in [0.2, 0.25) is 5.15 Å². The van der Waals surface area contributed by atoms with Gasteiger partial charge in [0.05, 0.1) is 5.56 Å². The summed E-state index contributed by atoms with van der Waals surface area (Å²) in [6.45, 7) is 0. The quantitative estimate of drug-likeness (QED) is 0.443. The van der Waals surface area contributed by atoms with Crippen LogP contribution in [-0.4, -0.2) is 4.98 Å². The van der Waals surface area contributed by atoms with Crippen LogP contribution in [0, 0.1) is 0 Å². The lowest BCUT2D eigenvalue weighted by Gasteiger charge is -2.12. The Labute approximate surface area is 97.2 Å². The second-order valence-electron chi connectivity index (χ2n) is 2.80. The van der Waals surface area contributed by atoms with Crippen molar-refractivity contribution in [2.24, 2.45) is 0 Å². The van der Waals surface area contributed by atoms with Gasteiger partial charge in [0.25, 0.3) is 6.43 Å². The fourth-order valence-electron chi connectivity index (χ4n) is 1.04. The lowest BCUT2D eigenvalue weighted by Crippen LogP contribution is -2.10. The van der Waals surface area contributed by atoms with E-state index in [1.165, 1.54) is 0 Å². The molecule has 0 N–H and O–H groups in total. The Hall–Kier alpha value is -0.620. The number of nitrogens with zero attached hydrogens (tertiary/aromatic N) is 1. The van der Waals surface area contributed by atoms with Crippen molar-refractivity contribution in [2.45, 2.75) is 18.5 Å². The number of aromatic nitrogens is 1. The first-order valence-electron chi connectivity index (χ1n) is 3.88. The Balaban J connectivity index is 3.37. The van der Waals surface area contributed by atoms with Crippen LogP contribution >= 0.6 is 23.2 Å². The van der Waals surface area contributed by atoms with E-state index >= 15 is 0 Å². The van der Waals surface area contributed by atoms with E-state index in [4.69, 9.17) is 23.2 Å². The largest absolute Gasteiger partial charge is 0.419 e. The molecule has 1 rings (SSSR count). The minimum atomic E-state index is -4.74. The Kier molecular flexibility index (Phi) is 3.96. The zero-order valence-electron chi connectivity index (χ0n) is 7.45. The standard InChI is InChI=1S/C8H4Cl2F5N/c9-2-3-1-4(8(13,14)15)6(10)16-5(3)7(11)12/h1,7H,2H2. The van der Waals surface area contributed by atoms with Gasteiger partial charge in [0, 0.05) is 5.88 Å². The lowest BCUT2D eigenvalue weighted by atomic mass is 10.1. The summed E-state index contributed by atoms with van der Waals surface area (Å²) in [5.41, 5.74) is -2.48. The van der Waals surface area contributed by atoms with E-state index in [0.29, 0.717) is 6.07 Å². The molecule has 0 aliphatic rings. The van der Waals surface area contributed by atoms with Crippen molar-refractivity contribution in [1.82, 2.24) is 4.98 Å². The summed E-state index contributed by atoms with van der Waals surface area (Å²) < 4.78 is 61.8. The molecule has 0 aromatic carbocycles. The molecular formula is C8H4Cl2F5N. The topological polar surface area (TPSA) is 12.9 Å². The van der Waals surface area contributed by atoms with Crippen molar-refractivity contribution in [3.63, 3.8) is 0 Å². The van der Waals surface area contributed by atoms with Crippen LogP contribution in [-0.2, 0) is 12.1 Å². The highest BCUT2D eigenvalue weighted by molar-refractivity contribution is 6.30. The van der Waals surface area contributed by atoms with Gasteiger partial charge in [0.15, 0.2) is 0 Å². The summed E-state index contributed by atoms with van der Waals surface area (Å²) in [5, 5.41) is -1.00. The van der Waals surface area contributed by atoms with E-state index in [0.717, 1.165) is 0 Å². The van der Waals surface area contributed by atoms with E-state index in [9.17, 15) is 22.0 Å². The average Bonchev–Trinajstić information content (AvgIpc) is 2.15.